The summed E-state index contributed by atoms with van der Waals surface area (Å²) in [7, 11) is 1.60. The molecular formula is C10H12NO2S. The van der Waals surface area contributed by atoms with E-state index in [9.17, 15) is 0 Å². The number of nitrogen functional groups attached to an aromatic ring is 1. The molecule has 0 amide bonds. The molecule has 0 spiro atoms. The zero-order chi connectivity index (χ0) is 10.1. The minimum absolute atomic E-state index is 0.219. The van der Waals surface area contributed by atoms with Gasteiger partial charge in [-0.2, -0.15) is 0 Å². The molecule has 0 bridgehead atoms. The van der Waals surface area contributed by atoms with E-state index in [1.165, 1.54) is 0 Å². The van der Waals surface area contributed by atoms with Gasteiger partial charge in [-0.1, -0.05) is 0 Å². The number of thioether (sulfide) groups is 1. The Morgan fingerprint density at radius 3 is 3.21 bits per heavy atom. The van der Waals surface area contributed by atoms with Crippen LogP contribution in [0.4, 0.5) is 5.69 Å². The minimum Gasteiger partial charge on any atom is -0.495 e. The molecule has 1 radical (unpaired) electrons. The topological polar surface area (TPSA) is 44.5 Å². The van der Waals surface area contributed by atoms with Crippen molar-refractivity contribution in [2.75, 3.05) is 18.6 Å². The number of fused-ring (bicyclic) bond motifs is 1. The Bertz CT molecular complexity index is 354. The summed E-state index contributed by atoms with van der Waals surface area (Å²) in [5.41, 5.74) is 6.57. The van der Waals surface area contributed by atoms with Crippen molar-refractivity contribution in [3.63, 3.8) is 0 Å². The lowest BCUT2D eigenvalue weighted by molar-refractivity contribution is 0.235. The number of hydrogen-bond acceptors (Lipinski definition) is 4. The zero-order valence-electron chi connectivity index (χ0n) is 8.16. The second-order valence-corrected chi connectivity index (χ2v) is 4.20. The van der Waals surface area contributed by atoms with Gasteiger partial charge in [-0.25, -0.2) is 0 Å². The van der Waals surface area contributed by atoms with E-state index < -0.39 is 0 Å². The molecule has 2 rings (SSSR count). The first-order valence-electron chi connectivity index (χ1n) is 4.40. The minimum atomic E-state index is 0.219. The number of rotatable bonds is 1. The molecule has 1 aliphatic rings. The molecule has 0 saturated carbocycles. The lowest BCUT2D eigenvalue weighted by atomic mass is 10.2. The maximum Gasteiger partial charge on any atom is 0.143 e. The van der Waals surface area contributed by atoms with E-state index in [1.54, 1.807) is 24.9 Å². The second-order valence-electron chi connectivity index (χ2n) is 3.17. The van der Waals surface area contributed by atoms with Gasteiger partial charge in [0.1, 0.15) is 17.6 Å². The van der Waals surface area contributed by atoms with Gasteiger partial charge in [0.25, 0.3) is 0 Å². The van der Waals surface area contributed by atoms with Crippen LogP contribution in [-0.2, 0) is 0 Å². The molecule has 0 aliphatic carbocycles. The first-order chi connectivity index (χ1) is 6.72. The van der Waals surface area contributed by atoms with Gasteiger partial charge in [-0.15, -0.1) is 11.8 Å². The summed E-state index contributed by atoms with van der Waals surface area (Å²) >= 11 is 1.69. The second kappa shape index (κ2) is 3.61. The first kappa shape index (κ1) is 9.52. The Hall–Kier alpha value is -1.03. The van der Waals surface area contributed by atoms with E-state index in [0.29, 0.717) is 11.4 Å². The van der Waals surface area contributed by atoms with Gasteiger partial charge in [0.2, 0.25) is 0 Å². The molecule has 0 saturated heterocycles. The van der Waals surface area contributed by atoms with Crippen LogP contribution in [0, 0.1) is 6.07 Å². The number of hydrogen-bond donors (Lipinski definition) is 1. The molecule has 1 heterocycles. The van der Waals surface area contributed by atoms with Crippen molar-refractivity contribution >= 4 is 17.4 Å². The molecule has 3 nitrogen and oxygen atoms in total. The highest BCUT2D eigenvalue weighted by atomic mass is 32.2. The van der Waals surface area contributed by atoms with E-state index in [2.05, 4.69) is 6.07 Å². The molecule has 1 unspecified atom stereocenters. The normalized spacial score (nSPS) is 19.7. The molecular weight excluding hydrogens is 198 g/mol. The molecule has 0 fully saturated rings. The van der Waals surface area contributed by atoms with E-state index in [-0.39, 0.29) is 6.10 Å². The molecule has 2 N–H and O–H groups in total. The van der Waals surface area contributed by atoms with Gasteiger partial charge < -0.3 is 15.2 Å². The van der Waals surface area contributed by atoms with Crippen LogP contribution in [0.15, 0.2) is 11.0 Å². The predicted octanol–water partition coefficient (Wildman–Crippen LogP) is 1.95. The SMILES string of the molecule is COc1c[c]c2c(c1N)SCC(C)O2. The maximum atomic E-state index is 5.91. The van der Waals surface area contributed by atoms with E-state index in [1.807, 2.05) is 6.92 Å². The van der Waals surface area contributed by atoms with Crippen molar-refractivity contribution in [3.8, 4) is 11.5 Å². The fourth-order valence-corrected chi connectivity index (χ4v) is 2.31. The van der Waals surface area contributed by atoms with E-state index in [4.69, 9.17) is 15.2 Å². The van der Waals surface area contributed by atoms with Gasteiger partial charge in [-0.3, -0.25) is 0 Å². The van der Waals surface area contributed by atoms with Crippen LogP contribution in [0.5, 0.6) is 11.5 Å². The number of anilines is 1. The quantitative estimate of drug-likeness (QED) is 0.719. The molecule has 1 aliphatic heterocycles. The molecule has 1 aromatic rings. The van der Waals surface area contributed by atoms with Crippen molar-refractivity contribution < 1.29 is 9.47 Å². The molecule has 1 aromatic carbocycles. The number of ether oxygens (including phenoxy) is 2. The summed E-state index contributed by atoms with van der Waals surface area (Å²) in [6.07, 6.45) is 0.219. The maximum absolute atomic E-state index is 5.91. The van der Waals surface area contributed by atoms with Crippen LogP contribution in [-0.4, -0.2) is 19.0 Å². The van der Waals surface area contributed by atoms with Crippen molar-refractivity contribution in [2.24, 2.45) is 0 Å². The lowest BCUT2D eigenvalue weighted by Gasteiger charge is -2.24. The summed E-state index contributed by atoms with van der Waals surface area (Å²) in [4.78, 5) is 0.947. The van der Waals surface area contributed by atoms with Crippen molar-refractivity contribution in [1.82, 2.24) is 0 Å². The standard InChI is InChI=1S/C10H12NO2S/c1-6-5-14-10-8(13-6)4-3-7(12-2)9(10)11/h3,6H,5,11H2,1-2H3. The van der Waals surface area contributed by atoms with Crippen molar-refractivity contribution in [3.05, 3.63) is 12.1 Å². The average molecular weight is 210 g/mol. The smallest absolute Gasteiger partial charge is 0.143 e. The summed E-state index contributed by atoms with van der Waals surface area (Å²) in [6, 6.07) is 4.75. The van der Waals surface area contributed by atoms with E-state index >= 15 is 0 Å². The number of benzene rings is 1. The van der Waals surface area contributed by atoms with Crippen LogP contribution in [0.1, 0.15) is 6.92 Å². The third-order valence-corrected chi connectivity index (χ3v) is 3.38. The third-order valence-electron chi connectivity index (χ3n) is 2.05. The Kier molecular flexibility index (Phi) is 2.46. The number of methoxy groups -OCH3 is 1. The van der Waals surface area contributed by atoms with Gasteiger partial charge in [-0.05, 0) is 13.0 Å². The largest absolute Gasteiger partial charge is 0.495 e. The highest BCUT2D eigenvalue weighted by Crippen LogP contribution is 2.43. The van der Waals surface area contributed by atoms with Crippen LogP contribution < -0.4 is 15.2 Å². The molecule has 0 aromatic heterocycles. The highest BCUT2D eigenvalue weighted by Gasteiger charge is 2.21. The van der Waals surface area contributed by atoms with Crippen LogP contribution >= 0.6 is 11.8 Å². The monoisotopic (exact) mass is 210 g/mol. The summed E-state index contributed by atoms with van der Waals surface area (Å²) < 4.78 is 10.7. The third kappa shape index (κ3) is 1.50. The summed E-state index contributed by atoms with van der Waals surface area (Å²) in [6.45, 7) is 2.03. The molecule has 1 atom stereocenters. The zero-order valence-corrected chi connectivity index (χ0v) is 8.98. The Morgan fingerprint density at radius 1 is 1.71 bits per heavy atom. The van der Waals surface area contributed by atoms with Crippen LogP contribution in [0.3, 0.4) is 0 Å². The van der Waals surface area contributed by atoms with Crippen LogP contribution in [0.25, 0.3) is 0 Å². The molecule has 4 heteroatoms. The fourth-order valence-electron chi connectivity index (χ4n) is 1.34. The van der Waals surface area contributed by atoms with Gasteiger partial charge in [0, 0.05) is 11.8 Å². The highest BCUT2D eigenvalue weighted by molar-refractivity contribution is 7.99. The van der Waals surface area contributed by atoms with Crippen molar-refractivity contribution in [2.45, 2.75) is 17.9 Å². The van der Waals surface area contributed by atoms with Crippen LogP contribution in [0.2, 0.25) is 0 Å². The molecule has 75 valence electrons. The van der Waals surface area contributed by atoms with E-state index in [0.717, 1.165) is 16.4 Å². The fraction of sp³-hybridized carbons (Fsp3) is 0.400. The Morgan fingerprint density at radius 2 is 2.50 bits per heavy atom. The predicted molar refractivity (Wildman–Crippen MR) is 57.1 cm³/mol. The molecule has 14 heavy (non-hydrogen) atoms. The van der Waals surface area contributed by atoms with Gasteiger partial charge >= 0.3 is 0 Å². The Balaban J connectivity index is 2.43. The first-order valence-corrected chi connectivity index (χ1v) is 5.38. The Labute approximate surface area is 87.6 Å². The summed E-state index contributed by atoms with van der Waals surface area (Å²) in [5, 5.41) is 0. The van der Waals surface area contributed by atoms with Gasteiger partial charge in [0.15, 0.2) is 0 Å². The average Bonchev–Trinajstić information content (AvgIpc) is 2.18. The lowest BCUT2D eigenvalue weighted by Crippen LogP contribution is -2.19. The number of nitrogens with two attached hydrogens (primary N) is 1. The summed E-state index contributed by atoms with van der Waals surface area (Å²) in [5.74, 6) is 2.32. The van der Waals surface area contributed by atoms with Gasteiger partial charge in [0.05, 0.1) is 17.7 Å². The van der Waals surface area contributed by atoms with Crippen molar-refractivity contribution in [1.29, 1.82) is 0 Å².